The summed E-state index contributed by atoms with van der Waals surface area (Å²) >= 11 is 0. The van der Waals surface area contributed by atoms with Gasteiger partial charge >= 0.3 is 0 Å². The molecule has 0 radical (unpaired) electrons. The molecular weight excluding hydrogens is 682 g/mol. The average molecular weight is 716 g/mol. The van der Waals surface area contributed by atoms with E-state index in [1.807, 2.05) is 80.1 Å². The van der Waals surface area contributed by atoms with Crippen LogP contribution in [0.4, 0.5) is 0 Å². The highest BCUT2D eigenvalue weighted by molar-refractivity contribution is 7.70. The second kappa shape index (κ2) is 12.3. The molecule has 10 rings (SSSR count). The molecule has 0 atom stereocenters. The minimum absolute atomic E-state index is 0.584. The zero-order valence-corrected chi connectivity index (χ0v) is 30.7. The van der Waals surface area contributed by atoms with E-state index in [0.717, 1.165) is 78.0 Å². The van der Waals surface area contributed by atoms with Gasteiger partial charge in [0.25, 0.3) is 0 Å². The Morgan fingerprint density at radius 1 is 0.426 bits per heavy atom. The van der Waals surface area contributed by atoms with Gasteiger partial charge < -0.3 is 9.30 Å². The Bertz CT molecular complexity index is 2750. The van der Waals surface area contributed by atoms with Crippen LogP contribution in [-0.2, 0) is 9.98 Å². The average Bonchev–Trinajstić information content (AvgIpc) is 3.50. The normalized spacial score (nSPS) is 13.4. The van der Waals surface area contributed by atoms with Crippen LogP contribution in [0.1, 0.15) is 22.3 Å². The van der Waals surface area contributed by atoms with Gasteiger partial charge in [-0.05, 0) is 71.0 Å². The first-order valence-corrected chi connectivity index (χ1v) is 20.7. The zero-order chi connectivity index (χ0) is 36.4. The Morgan fingerprint density at radius 3 is 1.44 bits per heavy atom. The van der Waals surface area contributed by atoms with E-state index in [-0.39, 0.29) is 0 Å². The lowest BCUT2D eigenvalue weighted by Crippen LogP contribution is -2.32. The third-order valence-corrected chi connectivity index (χ3v) is 12.2. The van der Waals surface area contributed by atoms with E-state index in [1.165, 1.54) is 0 Å². The molecule has 1 aromatic heterocycles. The number of para-hydroxylation sites is 2. The van der Waals surface area contributed by atoms with Gasteiger partial charge in [-0.3, -0.25) is 0 Å². The lowest BCUT2D eigenvalue weighted by Gasteiger charge is -2.39. The molecule has 0 N–H and O–H groups in total. The topological polar surface area (TPSA) is 65.0 Å². The number of rotatable bonds is 5. The largest absolute Gasteiger partial charge is 0.457 e. The van der Waals surface area contributed by atoms with Gasteiger partial charge in [0.15, 0.2) is 17.5 Å². The molecule has 1 aliphatic carbocycles. The van der Waals surface area contributed by atoms with Crippen LogP contribution in [0.3, 0.4) is 0 Å². The summed E-state index contributed by atoms with van der Waals surface area (Å²) in [5.41, 5.74) is 10.8. The Morgan fingerprint density at radius 2 is 0.852 bits per heavy atom. The lowest BCUT2D eigenvalue weighted by molar-refractivity contribution is 0.436. The summed E-state index contributed by atoms with van der Waals surface area (Å²) in [5.74, 6) is 3.39. The van der Waals surface area contributed by atoms with Crippen LogP contribution < -0.4 is 10.0 Å². The van der Waals surface area contributed by atoms with Gasteiger partial charge in [0, 0.05) is 33.1 Å². The fourth-order valence-corrected chi connectivity index (χ4v) is 9.03. The molecule has 0 saturated carbocycles. The predicted molar refractivity (Wildman–Crippen MR) is 218 cm³/mol. The molecule has 0 unspecified atom stereocenters. The molecule has 2 heterocycles. The molecule has 0 amide bonds. The number of aromatic nitrogens is 3. The van der Waals surface area contributed by atoms with Crippen molar-refractivity contribution in [3.63, 3.8) is 0 Å². The minimum Gasteiger partial charge on any atom is -0.457 e. The fourth-order valence-electron chi connectivity index (χ4n) is 8.15. The smallest absolute Gasteiger partial charge is 0.164 e. The zero-order valence-electron chi connectivity index (χ0n) is 29.8. The number of fused-ring (bicyclic) bond motifs is 9. The van der Waals surface area contributed by atoms with Crippen molar-refractivity contribution in [2.45, 2.75) is 5.41 Å². The van der Waals surface area contributed by atoms with Gasteiger partial charge in [-0.15, -0.1) is 0 Å². The van der Waals surface area contributed by atoms with Crippen molar-refractivity contribution in [3.05, 3.63) is 192 Å². The van der Waals surface area contributed by atoms with Crippen LogP contribution in [0.5, 0.6) is 11.5 Å². The van der Waals surface area contributed by atoms with E-state index >= 15 is 0 Å². The van der Waals surface area contributed by atoms with Crippen LogP contribution in [0.2, 0.25) is 0 Å². The molecule has 0 bridgehead atoms. The van der Waals surface area contributed by atoms with Gasteiger partial charge in [-0.1, -0.05) is 146 Å². The van der Waals surface area contributed by atoms with Crippen LogP contribution in [-0.4, -0.2) is 28.3 Å². The fraction of sp³-hybridized carbons (Fsp3) is 0.0625. The van der Waals surface area contributed by atoms with Gasteiger partial charge in [-0.25, -0.2) is 15.0 Å². The van der Waals surface area contributed by atoms with Crippen LogP contribution in [0.15, 0.2) is 170 Å². The van der Waals surface area contributed by atoms with Crippen LogP contribution >= 0.6 is 7.14 Å². The first-order chi connectivity index (χ1) is 26.4. The third kappa shape index (κ3) is 5.08. The van der Waals surface area contributed by atoms with E-state index in [1.54, 1.807) is 0 Å². The first-order valence-electron chi connectivity index (χ1n) is 18.1. The maximum Gasteiger partial charge on any atom is 0.164 e. The lowest BCUT2D eigenvalue weighted by atomic mass is 9.66. The predicted octanol–water partition coefficient (Wildman–Crippen LogP) is 11.3. The van der Waals surface area contributed by atoms with Crippen molar-refractivity contribution >= 4 is 12.4 Å². The number of hydrogen-bond acceptors (Lipinski definition) is 5. The van der Waals surface area contributed by atoms with E-state index in [9.17, 15) is 4.57 Å². The highest BCUT2D eigenvalue weighted by atomic mass is 31.2. The first kappa shape index (κ1) is 32.2. The highest BCUT2D eigenvalue weighted by Gasteiger charge is 2.51. The highest BCUT2D eigenvalue weighted by Crippen LogP contribution is 2.62. The maximum absolute atomic E-state index is 13.6. The second-order valence-corrected chi connectivity index (χ2v) is 17.5. The molecule has 1 aliphatic heterocycles. The number of ether oxygens (including phenoxy) is 1. The summed E-state index contributed by atoms with van der Waals surface area (Å²) in [6, 6.07) is 58.3. The number of hydrogen-bond donors (Lipinski definition) is 0. The van der Waals surface area contributed by atoms with Gasteiger partial charge in [0.05, 0.1) is 5.41 Å². The minimum atomic E-state index is -2.59. The number of benzene rings is 7. The summed E-state index contributed by atoms with van der Waals surface area (Å²) < 4.78 is 20.2. The second-order valence-electron chi connectivity index (χ2n) is 14.3. The Hall–Kier alpha value is -6.42. The molecule has 258 valence electrons. The van der Waals surface area contributed by atoms with Crippen molar-refractivity contribution in [2.75, 3.05) is 13.3 Å². The summed E-state index contributed by atoms with van der Waals surface area (Å²) in [4.78, 5) is 15.3. The molecule has 2 aliphatic rings. The van der Waals surface area contributed by atoms with Gasteiger partial charge in [0.2, 0.25) is 0 Å². The maximum atomic E-state index is 13.6. The Labute approximate surface area is 314 Å². The van der Waals surface area contributed by atoms with Crippen molar-refractivity contribution in [1.29, 1.82) is 0 Å². The SMILES string of the molecule is CP(C)(=O)c1ccc2c(c1)C1(c3ccccc3Oc3ccccc31)c1cc(-c3nc(-c4ccccc4)nc(-c4ccc(-c5ccccc5)cc4)n3)ccc1-2. The molecule has 8 aromatic rings. The molecule has 7 aromatic carbocycles. The quantitative estimate of drug-likeness (QED) is 0.166. The third-order valence-electron chi connectivity index (χ3n) is 10.7. The van der Waals surface area contributed by atoms with E-state index < -0.39 is 12.6 Å². The van der Waals surface area contributed by atoms with Crippen LogP contribution in [0, 0.1) is 0 Å². The molecule has 54 heavy (non-hydrogen) atoms. The monoisotopic (exact) mass is 715 g/mol. The van der Waals surface area contributed by atoms with E-state index in [0.29, 0.717) is 17.5 Å². The Balaban J connectivity index is 1.21. The molecular formula is C48H34N3O2P. The molecule has 0 fully saturated rings. The van der Waals surface area contributed by atoms with E-state index in [2.05, 4.69) is 103 Å². The van der Waals surface area contributed by atoms with Gasteiger partial charge in [-0.2, -0.15) is 0 Å². The molecule has 0 saturated heterocycles. The number of nitrogens with zero attached hydrogens (tertiary/aromatic N) is 3. The summed E-state index contributed by atoms with van der Waals surface area (Å²) in [5, 5.41) is 0.850. The van der Waals surface area contributed by atoms with Crippen molar-refractivity contribution in [1.82, 2.24) is 15.0 Å². The van der Waals surface area contributed by atoms with Crippen molar-refractivity contribution in [3.8, 4) is 67.9 Å². The molecule has 1 spiro atoms. The van der Waals surface area contributed by atoms with Gasteiger partial charge in [0.1, 0.15) is 18.6 Å². The van der Waals surface area contributed by atoms with Crippen LogP contribution in [0.25, 0.3) is 56.4 Å². The molecule has 6 heteroatoms. The van der Waals surface area contributed by atoms with E-state index in [4.69, 9.17) is 19.7 Å². The Kier molecular flexibility index (Phi) is 7.37. The van der Waals surface area contributed by atoms with Crippen molar-refractivity contribution in [2.24, 2.45) is 0 Å². The summed E-state index contributed by atoms with van der Waals surface area (Å²) in [6.07, 6.45) is 0. The molecule has 5 nitrogen and oxygen atoms in total. The standard InChI is InChI=1S/C48H34N3O2P/c1-54(2,52)36-26-28-38-37-27-25-35(29-41(37)48(42(38)30-36)39-17-9-11-19-43(39)53-44-20-12-10-18-40(44)48)47-50-45(33-15-7-4-8-16-33)49-46(51-47)34-23-21-32(22-24-34)31-13-5-3-6-14-31/h3-30H,1-2H3. The summed E-state index contributed by atoms with van der Waals surface area (Å²) in [6.45, 7) is 3.68. The summed E-state index contributed by atoms with van der Waals surface area (Å²) in [7, 11) is -2.59. The van der Waals surface area contributed by atoms with Crippen molar-refractivity contribution < 1.29 is 9.30 Å².